The van der Waals surface area contributed by atoms with Gasteiger partial charge in [-0.2, -0.15) is 13.2 Å². The Morgan fingerprint density at radius 2 is 1.95 bits per heavy atom. The van der Waals surface area contributed by atoms with Crippen molar-refractivity contribution in [2.24, 2.45) is 17.3 Å². The smallest absolute Gasteiger partial charge is 0.396 e. The number of nitrogens with zero attached hydrogens (tertiary/aromatic N) is 1. The maximum Gasteiger partial charge on any atom is 0.396 e. The normalized spacial score (nSPS) is 28.1. The molecule has 1 aliphatic carbocycles. The zero-order valence-corrected chi connectivity index (χ0v) is 11.7. The van der Waals surface area contributed by atoms with E-state index in [1.54, 1.807) is 0 Å². The largest absolute Gasteiger partial charge is 0.481 e. The number of rotatable bonds is 3. The van der Waals surface area contributed by atoms with Gasteiger partial charge in [-0.1, -0.05) is 6.92 Å². The molecule has 21 heavy (non-hydrogen) atoms. The van der Waals surface area contributed by atoms with E-state index in [4.69, 9.17) is 5.11 Å². The Morgan fingerprint density at radius 3 is 2.43 bits per heavy atom. The van der Waals surface area contributed by atoms with E-state index in [1.807, 2.05) is 6.92 Å². The molecular formula is C13H19F3N2O3. The predicted octanol–water partition coefficient (Wildman–Crippen LogP) is 2.08. The molecule has 0 aromatic rings. The lowest BCUT2D eigenvalue weighted by molar-refractivity contribution is -0.184. The Morgan fingerprint density at radius 1 is 1.33 bits per heavy atom. The van der Waals surface area contributed by atoms with Gasteiger partial charge in [0.05, 0.1) is 11.3 Å². The summed E-state index contributed by atoms with van der Waals surface area (Å²) in [6, 6.07) is -0.608. The SMILES string of the molecule is CC1CC(C(=O)O)CN(C(=O)NCC2(C(F)(F)F)CC2)C1. The van der Waals surface area contributed by atoms with Crippen molar-refractivity contribution >= 4 is 12.0 Å². The molecule has 2 unspecified atom stereocenters. The Kier molecular flexibility index (Phi) is 4.08. The molecule has 0 spiro atoms. The monoisotopic (exact) mass is 308 g/mol. The second-order valence-corrected chi connectivity index (χ2v) is 6.22. The van der Waals surface area contributed by atoms with Crippen LogP contribution in [-0.4, -0.2) is 47.8 Å². The summed E-state index contributed by atoms with van der Waals surface area (Å²) in [4.78, 5) is 24.3. The van der Waals surface area contributed by atoms with Crippen LogP contribution in [0.3, 0.4) is 0 Å². The molecule has 2 fully saturated rings. The number of carbonyl (C=O) groups excluding carboxylic acids is 1. The molecule has 0 aromatic heterocycles. The lowest BCUT2D eigenvalue weighted by Gasteiger charge is -2.35. The lowest BCUT2D eigenvalue weighted by Crippen LogP contribution is -2.51. The highest BCUT2D eigenvalue weighted by atomic mass is 19.4. The van der Waals surface area contributed by atoms with Crippen LogP contribution in [0.25, 0.3) is 0 Å². The average molecular weight is 308 g/mol. The van der Waals surface area contributed by atoms with Crippen LogP contribution in [0.5, 0.6) is 0 Å². The fourth-order valence-corrected chi connectivity index (χ4v) is 2.76. The van der Waals surface area contributed by atoms with Gasteiger partial charge >= 0.3 is 18.2 Å². The van der Waals surface area contributed by atoms with Gasteiger partial charge in [0, 0.05) is 19.6 Å². The average Bonchev–Trinajstić information content (AvgIpc) is 3.15. The molecule has 1 saturated carbocycles. The summed E-state index contributed by atoms with van der Waals surface area (Å²) in [7, 11) is 0. The number of nitrogens with one attached hydrogen (secondary N) is 1. The van der Waals surface area contributed by atoms with E-state index >= 15 is 0 Å². The molecular weight excluding hydrogens is 289 g/mol. The Balaban J connectivity index is 1.90. The zero-order valence-electron chi connectivity index (χ0n) is 11.7. The Hall–Kier alpha value is -1.47. The van der Waals surface area contributed by atoms with Gasteiger partial charge in [0.1, 0.15) is 0 Å². The fourth-order valence-electron chi connectivity index (χ4n) is 2.76. The summed E-state index contributed by atoms with van der Waals surface area (Å²) in [5.74, 6) is -1.62. The maximum absolute atomic E-state index is 12.8. The molecule has 2 atom stereocenters. The van der Waals surface area contributed by atoms with Gasteiger partial charge in [0.15, 0.2) is 0 Å². The second-order valence-electron chi connectivity index (χ2n) is 6.22. The van der Waals surface area contributed by atoms with Crippen molar-refractivity contribution in [3.8, 4) is 0 Å². The number of hydrogen-bond acceptors (Lipinski definition) is 2. The van der Waals surface area contributed by atoms with Crippen LogP contribution in [0.1, 0.15) is 26.2 Å². The molecule has 2 N–H and O–H groups in total. The van der Waals surface area contributed by atoms with E-state index in [1.165, 1.54) is 4.90 Å². The number of carboxylic acids is 1. The topological polar surface area (TPSA) is 69.6 Å². The molecule has 1 saturated heterocycles. The first-order valence-electron chi connectivity index (χ1n) is 6.97. The molecule has 8 heteroatoms. The third-order valence-corrected chi connectivity index (χ3v) is 4.33. The summed E-state index contributed by atoms with van der Waals surface area (Å²) >= 11 is 0. The van der Waals surface area contributed by atoms with Crippen molar-refractivity contribution in [1.29, 1.82) is 0 Å². The van der Waals surface area contributed by atoms with Gasteiger partial charge in [-0.05, 0) is 25.2 Å². The molecule has 0 bridgehead atoms. The summed E-state index contributed by atoms with van der Waals surface area (Å²) in [6.07, 6.45) is -3.76. The quantitative estimate of drug-likeness (QED) is 0.838. The summed E-state index contributed by atoms with van der Waals surface area (Å²) in [6.45, 7) is 1.81. The third-order valence-electron chi connectivity index (χ3n) is 4.33. The molecule has 2 amide bonds. The van der Waals surface area contributed by atoms with E-state index in [0.29, 0.717) is 13.0 Å². The maximum atomic E-state index is 12.8. The van der Waals surface area contributed by atoms with E-state index in [-0.39, 0.29) is 25.3 Å². The van der Waals surface area contributed by atoms with Crippen LogP contribution in [0.15, 0.2) is 0 Å². The first kappa shape index (κ1) is 15.9. The molecule has 120 valence electrons. The number of carbonyl (C=O) groups is 2. The van der Waals surface area contributed by atoms with Crippen LogP contribution in [-0.2, 0) is 4.79 Å². The van der Waals surface area contributed by atoms with Crippen LogP contribution < -0.4 is 5.32 Å². The molecule has 1 aliphatic heterocycles. The Bertz CT molecular complexity index is 435. The molecule has 2 rings (SSSR count). The van der Waals surface area contributed by atoms with Crippen molar-refractivity contribution in [2.75, 3.05) is 19.6 Å². The summed E-state index contributed by atoms with van der Waals surface area (Å²) in [5, 5.41) is 11.3. The molecule has 0 radical (unpaired) electrons. The third kappa shape index (κ3) is 3.41. The molecule has 5 nitrogen and oxygen atoms in total. The van der Waals surface area contributed by atoms with Crippen LogP contribution >= 0.6 is 0 Å². The van der Waals surface area contributed by atoms with Gasteiger partial charge in [0.2, 0.25) is 0 Å². The van der Waals surface area contributed by atoms with Crippen molar-refractivity contribution in [1.82, 2.24) is 10.2 Å². The highest BCUT2D eigenvalue weighted by Gasteiger charge is 2.63. The van der Waals surface area contributed by atoms with Gasteiger partial charge in [-0.15, -0.1) is 0 Å². The predicted molar refractivity (Wildman–Crippen MR) is 67.6 cm³/mol. The second kappa shape index (κ2) is 5.38. The summed E-state index contributed by atoms with van der Waals surface area (Å²) < 4.78 is 38.3. The number of halogens is 3. The van der Waals surface area contributed by atoms with Crippen molar-refractivity contribution < 1.29 is 27.9 Å². The minimum Gasteiger partial charge on any atom is -0.481 e. The number of carboxylic acid groups (broad SMARTS) is 1. The van der Waals surface area contributed by atoms with Crippen LogP contribution in [0, 0.1) is 17.3 Å². The van der Waals surface area contributed by atoms with E-state index in [0.717, 1.165) is 0 Å². The lowest BCUT2D eigenvalue weighted by atomic mass is 9.91. The van der Waals surface area contributed by atoms with E-state index in [2.05, 4.69) is 5.32 Å². The van der Waals surface area contributed by atoms with Crippen LogP contribution in [0.4, 0.5) is 18.0 Å². The molecule has 1 heterocycles. The number of amides is 2. The van der Waals surface area contributed by atoms with Gasteiger partial charge in [0.25, 0.3) is 0 Å². The molecule has 2 aliphatic rings. The van der Waals surface area contributed by atoms with Gasteiger partial charge in [-0.3, -0.25) is 4.79 Å². The number of urea groups is 1. The fraction of sp³-hybridized carbons (Fsp3) is 0.846. The number of alkyl halides is 3. The Labute approximate surface area is 120 Å². The van der Waals surface area contributed by atoms with E-state index in [9.17, 15) is 22.8 Å². The number of aliphatic carboxylic acids is 1. The first-order chi connectivity index (χ1) is 9.64. The standard InChI is InChI=1S/C13H19F3N2O3/c1-8-4-9(10(19)20)6-18(5-8)11(21)17-7-12(2-3-12)13(14,15)16/h8-9H,2-7H2,1H3,(H,17,21)(H,19,20). The first-order valence-corrected chi connectivity index (χ1v) is 6.97. The molecule has 0 aromatic carbocycles. The highest BCUT2D eigenvalue weighted by molar-refractivity contribution is 5.76. The van der Waals surface area contributed by atoms with Crippen molar-refractivity contribution in [3.05, 3.63) is 0 Å². The number of likely N-dealkylation sites (tertiary alicyclic amines) is 1. The number of hydrogen-bond donors (Lipinski definition) is 2. The minimum atomic E-state index is -4.31. The van der Waals surface area contributed by atoms with Gasteiger partial charge < -0.3 is 15.3 Å². The highest BCUT2D eigenvalue weighted by Crippen LogP contribution is 2.57. The minimum absolute atomic E-state index is 0.0168. The van der Waals surface area contributed by atoms with Crippen molar-refractivity contribution in [3.63, 3.8) is 0 Å². The van der Waals surface area contributed by atoms with Crippen LogP contribution in [0.2, 0.25) is 0 Å². The van der Waals surface area contributed by atoms with Gasteiger partial charge in [-0.25, -0.2) is 4.79 Å². The summed E-state index contributed by atoms with van der Waals surface area (Å²) in [5.41, 5.74) is -1.78. The van der Waals surface area contributed by atoms with Crippen molar-refractivity contribution in [2.45, 2.75) is 32.4 Å². The number of piperidine rings is 1. The van der Waals surface area contributed by atoms with E-state index < -0.39 is 36.1 Å². The zero-order chi connectivity index (χ0) is 15.8.